The number of sulfonamides is 1. The summed E-state index contributed by atoms with van der Waals surface area (Å²) < 4.78 is 27.4. The van der Waals surface area contributed by atoms with E-state index in [1.54, 1.807) is 22.8 Å². The average molecular weight is 480 g/mol. The molecular weight excluding hydrogens is 458 g/mol. The Bertz CT molecular complexity index is 1140. The van der Waals surface area contributed by atoms with Crippen molar-refractivity contribution >= 4 is 37.4 Å². The summed E-state index contributed by atoms with van der Waals surface area (Å²) in [4.78, 5) is 4.64. The van der Waals surface area contributed by atoms with Gasteiger partial charge >= 0.3 is 0 Å². The van der Waals surface area contributed by atoms with Gasteiger partial charge in [0, 0.05) is 31.3 Å². The zero-order valence-corrected chi connectivity index (χ0v) is 18.3. The molecule has 1 aliphatic heterocycles. The topological polar surface area (TPSA) is 99.8 Å². The molecule has 10 heteroatoms. The largest absolute Gasteiger partial charge is 0.507 e. The predicted molar refractivity (Wildman–Crippen MR) is 115 cm³/mol. The van der Waals surface area contributed by atoms with E-state index in [1.807, 2.05) is 18.2 Å². The molecule has 154 valence electrons. The molecule has 0 saturated carbocycles. The SMILES string of the molecule is CS(=O)(=O)N1CCC(CNc2cc(-c3ccccc3O)nc3c(Br)cnn23)CC1. The highest BCUT2D eigenvalue weighted by Gasteiger charge is 2.25. The van der Waals surface area contributed by atoms with E-state index in [2.05, 4.69) is 31.3 Å². The molecule has 0 radical (unpaired) electrons. The van der Waals surface area contributed by atoms with Crippen molar-refractivity contribution in [3.8, 4) is 17.0 Å². The highest BCUT2D eigenvalue weighted by molar-refractivity contribution is 9.10. The van der Waals surface area contributed by atoms with Crippen LogP contribution < -0.4 is 5.32 Å². The van der Waals surface area contributed by atoms with Crippen molar-refractivity contribution in [3.05, 3.63) is 41.0 Å². The number of benzene rings is 1. The molecule has 2 N–H and O–H groups in total. The maximum absolute atomic E-state index is 11.7. The van der Waals surface area contributed by atoms with E-state index in [-0.39, 0.29) is 5.75 Å². The molecule has 2 aromatic heterocycles. The highest BCUT2D eigenvalue weighted by atomic mass is 79.9. The van der Waals surface area contributed by atoms with Crippen LogP contribution in [0, 0.1) is 5.92 Å². The first-order valence-electron chi connectivity index (χ1n) is 9.34. The van der Waals surface area contributed by atoms with Crippen molar-refractivity contribution in [1.82, 2.24) is 18.9 Å². The lowest BCUT2D eigenvalue weighted by atomic mass is 9.98. The fraction of sp³-hybridized carbons (Fsp3) is 0.368. The summed E-state index contributed by atoms with van der Waals surface area (Å²) in [6.45, 7) is 1.80. The first kappa shape index (κ1) is 20.1. The van der Waals surface area contributed by atoms with E-state index in [4.69, 9.17) is 0 Å². The third-order valence-electron chi connectivity index (χ3n) is 5.22. The number of fused-ring (bicyclic) bond motifs is 1. The highest BCUT2D eigenvalue weighted by Crippen LogP contribution is 2.31. The van der Waals surface area contributed by atoms with E-state index in [1.165, 1.54) is 10.6 Å². The number of phenolic OH excluding ortho intramolecular Hbond substituents is 1. The number of nitrogens with zero attached hydrogens (tertiary/aromatic N) is 4. The Morgan fingerprint density at radius 2 is 2.00 bits per heavy atom. The number of rotatable bonds is 5. The van der Waals surface area contributed by atoms with Crippen LogP contribution in [0.5, 0.6) is 5.75 Å². The summed E-state index contributed by atoms with van der Waals surface area (Å²) in [5.74, 6) is 1.30. The summed E-state index contributed by atoms with van der Waals surface area (Å²) in [5.41, 5.74) is 1.94. The van der Waals surface area contributed by atoms with Crippen LogP contribution in [0.3, 0.4) is 0 Å². The van der Waals surface area contributed by atoms with E-state index in [0.717, 1.165) is 23.1 Å². The Kier molecular flexibility index (Phi) is 5.50. The van der Waals surface area contributed by atoms with Crippen LogP contribution in [0.1, 0.15) is 12.8 Å². The molecule has 1 fully saturated rings. The predicted octanol–water partition coefficient (Wildman–Crippen LogP) is 2.95. The van der Waals surface area contributed by atoms with Gasteiger partial charge < -0.3 is 10.4 Å². The molecule has 0 amide bonds. The summed E-state index contributed by atoms with van der Waals surface area (Å²) in [6.07, 6.45) is 4.56. The molecule has 0 atom stereocenters. The fourth-order valence-electron chi connectivity index (χ4n) is 3.58. The van der Waals surface area contributed by atoms with Gasteiger partial charge in [0.15, 0.2) is 5.65 Å². The molecule has 1 aliphatic rings. The number of halogens is 1. The molecule has 0 bridgehead atoms. The van der Waals surface area contributed by atoms with Gasteiger partial charge in [-0.05, 0) is 46.8 Å². The quantitative estimate of drug-likeness (QED) is 0.583. The fourth-order valence-corrected chi connectivity index (χ4v) is 4.81. The zero-order valence-electron chi connectivity index (χ0n) is 15.9. The van der Waals surface area contributed by atoms with E-state index >= 15 is 0 Å². The van der Waals surface area contributed by atoms with Crippen LogP contribution >= 0.6 is 15.9 Å². The number of hydrogen-bond acceptors (Lipinski definition) is 6. The Morgan fingerprint density at radius 3 is 2.69 bits per heavy atom. The standard InChI is InChI=1S/C19H22BrN5O3S/c1-29(27,28)24-8-6-13(7-9-24)11-21-18-10-16(14-4-2-3-5-17(14)26)23-19-15(20)12-22-25(18)19/h2-5,10,12-13,21,26H,6-9,11H2,1H3. The lowest BCUT2D eigenvalue weighted by Crippen LogP contribution is -2.39. The number of piperidine rings is 1. The molecule has 4 rings (SSSR count). The van der Waals surface area contributed by atoms with Gasteiger partial charge in [-0.3, -0.25) is 0 Å². The van der Waals surface area contributed by atoms with Gasteiger partial charge in [0.25, 0.3) is 0 Å². The Morgan fingerprint density at radius 1 is 1.28 bits per heavy atom. The third-order valence-corrected chi connectivity index (χ3v) is 7.09. The molecule has 0 aliphatic carbocycles. The Labute approximate surface area is 177 Å². The smallest absolute Gasteiger partial charge is 0.211 e. The lowest BCUT2D eigenvalue weighted by molar-refractivity contribution is 0.283. The minimum Gasteiger partial charge on any atom is -0.507 e. The van der Waals surface area contributed by atoms with Gasteiger partial charge in [-0.1, -0.05) is 12.1 Å². The van der Waals surface area contributed by atoms with Crippen molar-refractivity contribution in [2.45, 2.75) is 12.8 Å². The molecule has 3 heterocycles. The van der Waals surface area contributed by atoms with Gasteiger partial charge in [-0.2, -0.15) is 9.61 Å². The molecule has 0 unspecified atom stereocenters. The molecular formula is C19H22BrN5O3S. The van der Waals surface area contributed by atoms with Crippen molar-refractivity contribution in [3.63, 3.8) is 0 Å². The maximum atomic E-state index is 11.7. The minimum atomic E-state index is -3.12. The van der Waals surface area contributed by atoms with Crippen LogP contribution in [0.4, 0.5) is 5.82 Å². The molecule has 0 spiro atoms. The summed E-state index contributed by atoms with van der Waals surface area (Å²) in [6, 6.07) is 8.95. The first-order chi connectivity index (χ1) is 13.8. The van der Waals surface area contributed by atoms with Crippen molar-refractivity contribution < 1.29 is 13.5 Å². The van der Waals surface area contributed by atoms with Crippen LogP contribution in [0.2, 0.25) is 0 Å². The lowest BCUT2D eigenvalue weighted by Gasteiger charge is -2.30. The number of aromatic hydroxyl groups is 1. The molecule has 8 nitrogen and oxygen atoms in total. The number of aromatic nitrogens is 3. The summed E-state index contributed by atoms with van der Waals surface area (Å²) in [7, 11) is -3.12. The second kappa shape index (κ2) is 7.92. The molecule has 1 aromatic carbocycles. The normalized spacial score (nSPS) is 16.3. The van der Waals surface area contributed by atoms with E-state index < -0.39 is 10.0 Å². The van der Waals surface area contributed by atoms with Crippen molar-refractivity contribution in [1.29, 1.82) is 0 Å². The second-order valence-electron chi connectivity index (χ2n) is 7.26. The number of nitrogens with one attached hydrogen (secondary N) is 1. The number of hydrogen-bond donors (Lipinski definition) is 2. The van der Waals surface area contributed by atoms with E-state index in [0.29, 0.717) is 42.5 Å². The van der Waals surface area contributed by atoms with Gasteiger partial charge in [-0.25, -0.2) is 17.7 Å². The molecule has 3 aromatic rings. The maximum Gasteiger partial charge on any atom is 0.211 e. The van der Waals surface area contributed by atoms with Crippen LogP contribution in [0.25, 0.3) is 16.9 Å². The summed E-state index contributed by atoms with van der Waals surface area (Å²) in [5, 5.41) is 18.0. The van der Waals surface area contributed by atoms with Crippen LogP contribution in [-0.4, -0.2) is 58.3 Å². The second-order valence-corrected chi connectivity index (χ2v) is 10.1. The van der Waals surface area contributed by atoms with Crippen LogP contribution in [0.15, 0.2) is 41.0 Å². The first-order valence-corrected chi connectivity index (χ1v) is 12.0. The number of para-hydroxylation sites is 1. The van der Waals surface area contributed by atoms with E-state index in [9.17, 15) is 13.5 Å². The average Bonchev–Trinajstić information content (AvgIpc) is 3.07. The van der Waals surface area contributed by atoms with Crippen LogP contribution in [-0.2, 0) is 10.0 Å². The molecule has 1 saturated heterocycles. The minimum absolute atomic E-state index is 0.166. The summed E-state index contributed by atoms with van der Waals surface area (Å²) >= 11 is 3.48. The van der Waals surface area contributed by atoms with Gasteiger partial charge in [0.1, 0.15) is 11.6 Å². The van der Waals surface area contributed by atoms with Crippen molar-refractivity contribution in [2.24, 2.45) is 5.92 Å². The monoisotopic (exact) mass is 479 g/mol. The Balaban J connectivity index is 1.57. The van der Waals surface area contributed by atoms with Gasteiger partial charge in [-0.15, -0.1) is 0 Å². The van der Waals surface area contributed by atoms with Gasteiger partial charge in [0.05, 0.1) is 22.6 Å². The molecule has 29 heavy (non-hydrogen) atoms. The number of anilines is 1. The van der Waals surface area contributed by atoms with Gasteiger partial charge in [0.2, 0.25) is 10.0 Å². The third kappa shape index (κ3) is 4.24. The van der Waals surface area contributed by atoms with Crippen molar-refractivity contribution in [2.75, 3.05) is 31.2 Å². The number of phenols is 1. The zero-order chi connectivity index (χ0) is 20.6. The Hall–Kier alpha value is -2.17.